The normalized spacial score (nSPS) is 21.7. The highest BCUT2D eigenvalue weighted by molar-refractivity contribution is 6.01. The molecule has 6 heteroatoms. The number of nitrogens with zero attached hydrogens (tertiary/aromatic N) is 2. The van der Waals surface area contributed by atoms with E-state index in [1.54, 1.807) is 0 Å². The maximum atomic E-state index is 13.4. The largest absolute Gasteiger partial charge is 0.393 e. The maximum absolute atomic E-state index is 13.4. The van der Waals surface area contributed by atoms with Crippen LogP contribution in [0, 0.1) is 5.92 Å². The number of nitrogens with one attached hydrogen (secondary N) is 2. The number of hydrogen-bond donors (Lipinski definition) is 3. The summed E-state index contributed by atoms with van der Waals surface area (Å²) < 4.78 is 0. The lowest BCUT2D eigenvalue weighted by Gasteiger charge is -2.39. The van der Waals surface area contributed by atoms with Crippen molar-refractivity contribution in [2.45, 2.75) is 70.2 Å². The average Bonchev–Trinajstić information content (AvgIpc) is 3.46. The monoisotopic (exact) mass is 508 g/mol. The summed E-state index contributed by atoms with van der Waals surface area (Å²) in [6.07, 6.45) is 4.73. The van der Waals surface area contributed by atoms with Crippen LogP contribution in [0.4, 0.5) is 5.69 Å². The van der Waals surface area contributed by atoms with Gasteiger partial charge in [0.25, 0.3) is 5.91 Å². The van der Waals surface area contributed by atoms with Gasteiger partial charge in [-0.2, -0.15) is 5.10 Å². The van der Waals surface area contributed by atoms with Crippen molar-refractivity contribution in [1.29, 1.82) is 0 Å². The van der Waals surface area contributed by atoms with E-state index in [1.165, 1.54) is 5.69 Å². The number of carbonyl (C=O) groups excluding carboxylic acids is 1. The molecule has 2 bridgehead atoms. The second-order valence-corrected chi connectivity index (χ2v) is 11.4. The van der Waals surface area contributed by atoms with Crippen LogP contribution < -0.4 is 10.2 Å². The van der Waals surface area contributed by atoms with Crippen LogP contribution >= 0.6 is 0 Å². The number of aliphatic hydroxyl groups is 1. The molecule has 0 spiro atoms. The summed E-state index contributed by atoms with van der Waals surface area (Å²) in [5.41, 5.74) is 5.74. The van der Waals surface area contributed by atoms with Crippen LogP contribution in [0.1, 0.15) is 67.9 Å². The molecule has 196 valence electrons. The van der Waals surface area contributed by atoms with Crippen molar-refractivity contribution >= 4 is 22.5 Å². The molecule has 2 aliphatic rings. The van der Waals surface area contributed by atoms with Crippen molar-refractivity contribution in [2.75, 3.05) is 4.90 Å². The summed E-state index contributed by atoms with van der Waals surface area (Å²) in [5, 5.41) is 22.1. The van der Waals surface area contributed by atoms with Gasteiger partial charge in [-0.3, -0.25) is 9.89 Å². The highest BCUT2D eigenvalue weighted by Crippen LogP contribution is 2.40. The molecule has 0 radical (unpaired) electrons. The van der Waals surface area contributed by atoms with Gasteiger partial charge in [0.1, 0.15) is 0 Å². The Morgan fingerprint density at radius 1 is 1.03 bits per heavy atom. The highest BCUT2D eigenvalue weighted by Gasteiger charge is 2.40. The Kier molecular flexibility index (Phi) is 6.66. The summed E-state index contributed by atoms with van der Waals surface area (Å²) in [5.74, 6) is 0.378. The van der Waals surface area contributed by atoms with E-state index in [4.69, 9.17) is 0 Å². The lowest BCUT2D eigenvalue weighted by atomic mass is 9.96. The van der Waals surface area contributed by atoms with Gasteiger partial charge < -0.3 is 15.3 Å². The Hall–Kier alpha value is -3.64. The highest BCUT2D eigenvalue weighted by atomic mass is 16.3. The zero-order chi connectivity index (χ0) is 26.2. The zero-order valence-electron chi connectivity index (χ0n) is 22.1. The van der Waals surface area contributed by atoms with Crippen LogP contribution in [0.25, 0.3) is 22.2 Å². The van der Waals surface area contributed by atoms with Gasteiger partial charge in [-0.1, -0.05) is 56.3 Å². The van der Waals surface area contributed by atoms with Crippen LogP contribution in [0.15, 0.2) is 72.8 Å². The predicted octanol–water partition coefficient (Wildman–Crippen LogP) is 6.24. The SMILES string of the molecule is CC(C)CC(NC(=O)c1ccc2[nH]nc(-c3ccc(N4C5CCC4CC(O)C5)cc3)c2c1)c1ccccc1. The minimum atomic E-state index is -0.168. The van der Waals surface area contributed by atoms with Crippen LogP contribution in [0.5, 0.6) is 0 Å². The van der Waals surface area contributed by atoms with Crippen LogP contribution in [-0.4, -0.2) is 39.4 Å². The fourth-order valence-electron chi connectivity index (χ4n) is 6.41. The molecule has 3 unspecified atom stereocenters. The van der Waals surface area contributed by atoms with E-state index in [-0.39, 0.29) is 18.1 Å². The molecule has 3 N–H and O–H groups in total. The number of amides is 1. The molecule has 1 amide bonds. The minimum Gasteiger partial charge on any atom is -0.393 e. The Labute approximate surface area is 224 Å². The van der Waals surface area contributed by atoms with E-state index in [9.17, 15) is 9.90 Å². The van der Waals surface area contributed by atoms with Gasteiger partial charge in [-0.05, 0) is 73.9 Å². The van der Waals surface area contributed by atoms with Gasteiger partial charge in [0.05, 0.1) is 23.4 Å². The average molecular weight is 509 g/mol. The summed E-state index contributed by atoms with van der Waals surface area (Å²) in [4.78, 5) is 15.9. The van der Waals surface area contributed by atoms with Crippen LogP contribution in [0.3, 0.4) is 0 Å². The molecule has 3 atom stereocenters. The van der Waals surface area contributed by atoms with Crippen molar-refractivity contribution in [3.8, 4) is 11.3 Å². The molecule has 6 rings (SSSR count). The quantitative estimate of drug-likeness (QED) is 0.276. The number of aromatic amines is 1. The minimum absolute atomic E-state index is 0.0399. The molecule has 3 aromatic carbocycles. The van der Waals surface area contributed by atoms with Crippen molar-refractivity contribution in [2.24, 2.45) is 5.92 Å². The molecular formula is C32H36N4O2. The second kappa shape index (κ2) is 10.3. The molecule has 3 heterocycles. The first-order chi connectivity index (χ1) is 18.5. The Balaban J connectivity index is 1.24. The molecule has 4 aromatic rings. The lowest BCUT2D eigenvalue weighted by Crippen LogP contribution is -2.44. The van der Waals surface area contributed by atoms with Crippen molar-refractivity contribution in [3.63, 3.8) is 0 Å². The third kappa shape index (κ3) is 4.81. The Morgan fingerprint density at radius 2 is 1.74 bits per heavy atom. The molecule has 1 aromatic heterocycles. The van der Waals surface area contributed by atoms with Gasteiger partial charge in [0.2, 0.25) is 0 Å². The summed E-state index contributed by atoms with van der Waals surface area (Å²) >= 11 is 0. The Morgan fingerprint density at radius 3 is 2.42 bits per heavy atom. The van der Waals surface area contributed by atoms with Gasteiger partial charge >= 0.3 is 0 Å². The first-order valence-electron chi connectivity index (χ1n) is 13.9. The van der Waals surface area contributed by atoms with E-state index in [0.717, 1.165) is 59.8 Å². The van der Waals surface area contributed by atoms with E-state index in [1.807, 2.05) is 36.4 Å². The number of anilines is 1. The molecule has 0 aliphatic carbocycles. The second-order valence-electron chi connectivity index (χ2n) is 11.4. The number of aromatic nitrogens is 2. The van der Waals surface area contributed by atoms with Gasteiger partial charge in [0, 0.05) is 34.3 Å². The fourth-order valence-corrected chi connectivity index (χ4v) is 6.41. The molecule has 6 nitrogen and oxygen atoms in total. The van der Waals surface area contributed by atoms with Crippen LogP contribution in [-0.2, 0) is 0 Å². The molecule has 2 fully saturated rings. The van der Waals surface area contributed by atoms with E-state index in [0.29, 0.717) is 23.6 Å². The maximum Gasteiger partial charge on any atom is 0.251 e. The Bertz CT molecular complexity index is 1400. The first kappa shape index (κ1) is 24.7. The predicted molar refractivity (Wildman–Crippen MR) is 152 cm³/mol. The summed E-state index contributed by atoms with van der Waals surface area (Å²) in [6.45, 7) is 4.35. The lowest BCUT2D eigenvalue weighted by molar-refractivity contribution is 0.0932. The number of hydrogen-bond acceptors (Lipinski definition) is 4. The standard InChI is InChI=1S/C32H36N4O2/c1-20(2)16-30(21-6-4-3-5-7-21)33-32(38)23-10-15-29-28(17-23)31(35-34-29)22-8-11-24(12-9-22)36-25-13-14-26(36)19-27(37)18-25/h3-12,15,17,20,25-27,30,37H,13-14,16,18-19H2,1-2H3,(H,33,38)(H,34,35). The summed E-state index contributed by atoms with van der Waals surface area (Å²) in [6, 6.07) is 25.3. The number of carbonyl (C=O) groups is 1. The van der Waals surface area contributed by atoms with E-state index < -0.39 is 0 Å². The van der Waals surface area contributed by atoms with Gasteiger partial charge in [0.15, 0.2) is 0 Å². The van der Waals surface area contributed by atoms with Crippen molar-refractivity contribution in [3.05, 3.63) is 83.9 Å². The third-order valence-electron chi connectivity index (χ3n) is 8.19. The smallest absolute Gasteiger partial charge is 0.251 e. The van der Waals surface area contributed by atoms with Crippen molar-refractivity contribution < 1.29 is 9.90 Å². The molecule has 38 heavy (non-hydrogen) atoms. The number of benzene rings is 3. The number of H-pyrrole nitrogens is 1. The summed E-state index contributed by atoms with van der Waals surface area (Å²) in [7, 11) is 0. The zero-order valence-corrected chi connectivity index (χ0v) is 22.1. The topological polar surface area (TPSA) is 81.2 Å². The van der Waals surface area contributed by atoms with Crippen LogP contribution in [0.2, 0.25) is 0 Å². The van der Waals surface area contributed by atoms with E-state index in [2.05, 4.69) is 70.7 Å². The number of piperidine rings is 1. The molecule has 2 saturated heterocycles. The van der Waals surface area contributed by atoms with Crippen molar-refractivity contribution in [1.82, 2.24) is 15.5 Å². The first-order valence-corrected chi connectivity index (χ1v) is 13.9. The third-order valence-corrected chi connectivity index (χ3v) is 8.19. The van der Waals surface area contributed by atoms with Gasteiger partial charge in [-0.15, -0.1) is 0 Å². The van der Waals surface area contributed by atoms with E-state index >= 15 is 0 Å². The number of aliphatic hydroxyl groups excluding tert-OH is 1. The number of rotatable bonds is 7. The molecule has 0 saturated carbocycles. The molecule has 2 aliphatic heterocycles. The fraction of sp³-hybridized carbons (Fsp3) is 0.375. The molecular weight excluding hydrogens is 472 g/mol. The number of fused-ring (bicyclic) bond motifs is 3. The van der Waals surface area contributed by atoms with Gasteiger partial charge in [-0.25, -0.2) is 0 Å².